The molecule has 0 atom stereocenters. The first kappa shape index (κ1) is 16.6. The van der Waals surface area contributed by atoms with E-state index in [1.807, 2.05) is 25.1 Å². The summed E-state index contributed by atoms with van der Waals surface area (Å²) in [6.07, 6.45) is 2.01. The Morgan fingerprint density at radius 1 is 1.33 bits per heavy atom. The number of hydrogen-bond acceptors (Lipinski definition) is 5. The van der Waals surface area contributed by atoms with Crippen molar-refractivity contribution < 1.29 is 4.79 Å². The first-order chi connectivity index (χ1) is 11.5. The predicted molar refractivity (Wildman–Crippen MR) is 95.3 cm³/mol. The molecule has 3 rings (SSSR count). The lowest BCUT2D eigenvalue weighted by Crippen LogP contribution is -2.12. The van der Waals surface area contributed by atoms with Crippen LogP contribution in [0.1, 0.15) is 36.7 Å². The summed E-state index contributed by atoms with van der Waals surface area (Å²) in [5.74, 6) is 1.36. The van der Waals surface area contributed by atoms with Crippen LogP contribution in [0.3, 0.4) is 0 Å². The highest BCUT2D eigenvalue weighted by Gasteiger charge is 2.11. The highest BCUT2D eigenvalue weighted by molar-refractivity contribution is 7.16. The molecule has 3 aromatic rings. The van der Waals surface area contributed by atoms with E-state index in [0.29, 0.717) is 18.8 Å². The Balaban J connectivity index is 1.57. The van der Waals surface area contributed by atoms with E-state index in [0.717, 1.165) is 27.9 Å². The number of nitrogens with one attached hydrogen (secondary N) is 1. The van der Waals surface area contributed by atoms with Gasteiger partial charge in [-0.1, -0.05) is 37.3 Å². The highest BCUT2D eigenvalue weighted by atomic mass is 32.1. The molecule has 1 amide bonds. The smallest absolute Gasteiger partial charge is 0.234 e. The average Bonchev–Trinajstić information content (AvgIpc) is 3.07. The molecular formula is C17H21N5OS. The fourth-order valence-corrected chi connectivity index (χ4v) is 3.43. The number of aryl methyl sites for hydroxylation is 2. The SMILES string of the molecule is Cc1nnc2sc(CCC(=O)Nc3cccc(CC(C)C)c3)nn12. The van der Waals surface area contributed by atoms with E-state index in [1.165, 1.54) is 16.9 Å². The zero-order chi connectivity index (χ0) is 17.1. The van der Waals surface area contributed by atoms with Crippen LogP contribution in [0.2, 0.25) is 0 Å². The average molecular weight is 343 g/mol. The molecule has 0 saturated heterocycles. The van der Waals surface area contributed by atoms with Crippen molar-refractivity contribution in [2.75, 3.05) is 5.32 Å². The molecule has 0 fully saturated rings. The second-order valence-electron chi connectivity index (χ2n) is 6.28. The molecule has 1 aromatic carbocycles. The Morgan fingerprint density at radius 3 is 2.92 bits per heavy atom. The van der Waals surface area contributed by atoms with E-state index < -0.39 is 0 Å². The zero-order valence-electron chi connectivity index (χ0n) is 14.1. The summed E-state index contributed by atoms with van der Waals surface area (Å²) < 4.78 is 1.72. The maximum absolute atomic E-state index is 12.2. The van der Waals surface area contributed by atoms with Gasteiger partial charge < -0.3 is 5.32 Å². The molecule has 0 saturated carbocycles. The van der Waals surface area contributed by atoms with Gasteiger partial charge in [0.25, 0.3) is 0 Å². The minimum Gasteiger partial charge on any atom is -0.326 e. The molecule has 0 aliphatic carbocycles. The van der Waals surface area contributed by atoms with Crippen molar-refractivity contribution >= 4 is 27.9 Å². The monoisotopic (exact) mass is 343 g/mol. The Hall–Kier alpha value is -2.28. The van der Waals surface area contributed by atoms with Crippen molar-refractivity contribution in [1.82, 2.24) is 19.8 Å². The lowest BCUT2D eigenvalue weighted by atomic mass is 10.0. The van der Waals surface area contributed by atoms with E-state index in [-0.39, 0.29) is 5.91 Å². The number of carbonyl (C=O) groups is 1. The topological polar surface area (TPSA) is 72.2 Å². The minimum absolute atomic E-state index is 0.000570. The second kappa shape index (κ2) is 7.09. The highest BCUT2D eigenvalue weighted by Crippen LogP contribution is 2.17. The third-order valence-corrected chi connectivity index (χ3v) is 4.57. The molecule has 7 heteroatoms. The van der Waals surface area contributed by atoms with Crippen LogP contribution >= 0.6 is 11.3 Å². The number of rotatable bonds is 6. The molecular weight excluding hydrogens is 322 g/mol. The first-order valence-corrected chi connectivity index (χ1v) is 8.89. The largest absolute Gasteiger partial charge is 0.326 e. The van der Waals surface area contributed by atoms with Crippen LogP contribution in [0.25, 0.3) is 4.96 Å². The van der Waals surface area contributed by atoms with Gasteiger partial charge in [0.1, 0.15) is 5.01 Å². The van der Waals surface area contributed by atoms with Crippen molar-refractivity contribution in [3.63, 3.8) is 0 Å². The van der Waals surface area contributed by atoms with E-state index in [9.17, 15) is 4.79 Å². The quantitative estimate of drug-likeness (QED) is 0.745. The molecule has 126 valence electrons. The summed E-state index contributed by atoms with van der Waals surface area (Å²) in [7, 11) is 0. The van der Waals surface area contributed by atoms with Crippen molar-refractivity contribution in [3.05, 3.63) is 40.7 Å². The fraction of sp³-hybridized carbons (Fsp3) is 0.412. The normalized spacial score (nSPS) is 11.3. The summed E-state index contributed by atoms with van der Waals surface area (Å²) in [6.45, 7) is 6.24. The van der Waals surface area contributed by atoms with Crippen molar-refractivity contribution in [2.45, 2.75) is 40.0 Å². The molecule has 0 spiro atoms. The standard InChI is InChI=1S/C17H21N5OS/c1-11(2)9-13-5-4-6-14(10-13)18-15(23)7-8-16-21-22-12(3)19-20-17(22)24-16/h4-6,10-11H,7-9H2,1-3H3,(H,18,23). The number of amides is 1. The molecule has 1 N–H and O–H groups in total. The number of anilines is 1. The number of aromatic nitrogens is 4. The predicted octanol–water partition coefficient (Wildman–Crippen LogP) is 3.26. The summed E-state index contributed by atoms with van der Waals surface area (Å²) in [6, 6.07) is 8.05. The zero-order valence-corrected chi connectivity index (χ0v) is 14.9. The summed E-state index contributed by atoms with van der Waals surface area (Å²) >= 11 is 1.47. The van der Waals surface area contributed by atoms with Crippen LogP contribution in [0.4, 0.5) is 5.69 Å². The van der Waals surface area contributed by atoms with Crippen LogP contribution in [-0.2, 0) is 17.6 Å². The van der Waals surface area contributed by atoms with Crippen LogP contribution in [0.5, 0.6) is 0 Å². The molecule has 2 heterocycles. The summed E-state index contributed by atoms with van der Waals surface area (Å²) in [5.41, 5.74) is 2.10. The van der Waals surface area contributed by atoms with Gasteiger partial charge in [-0.15, -0.1) is 10.2 Å². The van der Waals surface area contributed by atoms with Crippen molar-refractivity contribution in [2.24, 2.45) is 5.92 Å². The molecule has 6 nitrogen and oxygen atoms in total. The molecule has 24 heavy (non-hydrogen) atoms. The Bertz CT molecular complexity index is 852. The number of nitrogens with zero attached hydrogens (tertiary/aromatic N) is 4. The third kappa shape index (κ3) is 3.97. The molecule has 2 aromatic heterocycles. The lowest BCUT2D eigenvalue weighted by Gasteiger charge is -2.08. The first-order valence-electron chi connectivity index (χ1n) is 8.08. The van der Waals surface area contributed by atoms with E-state index in [1.54, 1.807) is 4.52 Å². The van der Waals surface area contributed by atoms with Crippen molar-refractivity contribution in [1.29, 1.82) is 0 Å². The number of hydrogen-bond donors (Lipinski definition) is 1. The van der Waals surface area contributed by atoms with Crippen LogP contribution < -0.4 is 5.32 Å². The minimum atomic E-state index is -0.000570. The van der Waals surface area contributed by atoms with Gasteiger partial charge in [0.05, 0.1) is 0 Å². The number of fused-ring (bicyclic) bond motifs is 1. The van der Waals surface area contributed by atoms with Gasteiger partial charge >= 0.3 is 0 Å². The maximum atomic E-state index is 12.2. The van der Waals surface area contributed by atoms with Crippen molar-refractivity contribution in [3.8, 4) is 0 Å². The van der Waals surface area contributed by atoms with E-state index in [4.69, 9.17) is 0 Å². The van der Waals surface area contributed by atoms with Gasteiger partial charge in [-0.2, -0.15) is 9.61 Å². The van der Waals surface area contributed by atoms with E-state index in [2.05, 4.69) is 40.5 Å². The number of carbonyl (C=O) groups excluding carboxylic acids is 1. The molecule has 0 aliphatic rings. The maximum Gasteiger partial charge on any atom is 0.234 e. The Kier molecular flexibility index (Phi) is 4.89. The molecule has 0 aliphatic heterocycles. The molecule has 0 bridgehead atoms. The second-order valence-corrected chi connectivity index (χ2v) is 7.32. The van der Waals surface area contributed by atoms with E-state index >= 15 is 0 Å². The molecule has 0 radical (unpaired) electrons. The van der Waals surface area contributed by atoms with Crippen LogP contribution in [0.15, 0.2) is 24.3 Å². The number of benzene rings is 1. The lowest BCUT2D eigenvalue weighted by molar-refractivity contribution is -0.116. The van der Waals surface area contributed by atoms with Gasteiger partial charge in [0.15, 0.2) is 5.82 Å². The molecule has 0 unspecified atom stereocenters. The van der Waals surface area contributed by atoms with Gasteiger partial charge in [0, 0.05) is 18.5 Å². The Morgan fingerprint density at radius 2 is 2.17 bits per heavy atom. The van der Waals surface area contributed by atoms with Crippen LogP contribution in [-0.4, -0.2) is 25.7 Å². The van der Waals surface area contributed by atoms with Gasteiger partial charge in [-0.25, -0.2) is 0 Å². The Labute approximate surface area is 144 Å². The van der Waals surface area contributed by atoms with Gasteiger partial charge in [-0.3, -0.25) is 4.79 Å². The third-order valence-electron chi connectivity index (χ3n) is 3.61. The van der Waals surface area contributed by atoms with Gasteiger partial charge in [0.2, 0.25) is 10.9 Å². The van der Waals surface area contributed by atoms with Crippen LogP contribution in [0, 0.1) is 12.8 Å². The summed E-state index contributed by atoms with van der Waals surface area (Å²) in [5, 5.41) is 16.3. The van der Waals surface area contributed by atoms with Gasteiger partial charge in [-0.05, 0) is 37.0 Å². The summed E-state index contributed by atoms with van der Waals surface area (Å²) in [4.78, 5) is 12.9. The fourth-order valence-electron chi connectivity index (χ4n) is 2.55.